The second-order valence-electron chi connectivity index (χ2n) is 7.03. The zero-order chi connectivity index (χ0) is 18.8. The highest BCUT2D eigenvalue weighted by Gasteiger charge is 2.32. The third-order valence-electron chi connectivity index (χ3n) is 5.20. The summed E-state index contributed by atoms with van der Waals surface area (Å²) in [7, 11) is 0. The van der Waals surface area contributed by atoms with Crippen LogP contribution < -0.4 is 16.4 Å². The SMILES string of the molecule is Nc1ccc2c(c1)C(c1ccccc1)N(CCCCBr)c1cc(N)ccc1-2. The Bertz CT molecular complexity index is 940. The third kappa shape index (κ3) is 3.42. The summed E-state index contributed by atoms with van der Waals surface area (Å²) in [5.74, 6) is 0. The highest BCUT2D eigenvalue weighted by atomic mass is 79.9. The first-order valence-corrected chi connectivity index (χ1v) is 10.5. The predicted octanol–water partition coefficient (Wildman–Crippen LogP) is 5.60. The van der Waals surface area contributed by atoms with E-state index in [1.807, 2.05) is 12.1 Å². The van der Waals surface area contributed by atoms with Gasteiger partial charge in [-0.25, -0.2) is 0 Å². The van der Waals surface area contributed by atoms with Crippen molar-refractivity contribution in [1.82, 2.24) is 0 Å². The summed E-state index contributed by atoms with van der Waals surface area (Å²) in [6, 6.07) is 23.3. The molecular weight excluding hydrogens is 398 g/mol. The average molecular weight is 422 g/mol. The van der Waals surface area contributed by atoms with E-state index in [1.54, 1.807) is 0 Å². The Labute approximate surface area is 169 Å². The Morgan fingerprint density at radius 3 is 2.26 bits per heavy atom. The van der Waals surface area contributed by atoms with Gasteiger partial charge in [-0.05, 0) is 53.8 Å². The van der Waals surface area contributed by atoms with E-state index in [1.165, 1.54) is 27.9 Å². The van der Waals surface area contributed by atoms with Gasteiger partial charge in [0, 0.05) is 34.5 Å². The van der Waals surface area contributed by atoms with Crippen molar-refractivity contribution in [2.24, 2.45) is 0 Å². The molecule has 3 nitrogen and oxygen atoms in total. The molecular formula is C23H24BrN3. The molecule has 0 bridgehead atoms. The van der Waals surface area contributed by atoms with Gasteiger partial charge in [-0.1, -0.05) is 58.4 Å². The van der Waals surface area contributed by atoms with Crippen LogP contribution in [0.2, 0.25) is 0 Å². The molecule has 1 aliphatic heterocycles. The molecule has 1 atom stereocenters. The highest BCUT2D eigenvalue weighted by Crippen LogP contribution is 2.48. The third-order valence-corrected chi connectivity index (χ3v) is 5.76. The fourth-order valence-corrected chi connectivity index (χ4v) is 4.39. The fraction of sp³-hybridized carbons (Fsp3) is 0.217. The maximum atomic E-state index is 6.19. The lowest BCUT2D eigenvalue weighted by Gasteiger charge is -2.41. The minimum atomic E-state index is 0.134. The molecule has 27 heavy (non-hydrogen) atoms. The number of halogens is 1. The van der Waals surface area contributed by atoms with Gasteiger partial charge >= 0.3 is 0 Å². The number of alkyl halides is 1. The molecule has 0 saturated carbocycles. The molecule has 1 heterocycles. The molecule has 3 aromatic rings. The van der Waals surface area contributed by atoms with E-state index in [0.717, 1.165) is 36.1 Å². The van der Waals surface area contributed by atoms with E-state index in [-0.39, 0.29) is 6.04 Å². The van der Waals surface area contributed by atoms with Crippen LogP contribution in [0, 0.1) is 0 Å². The van der Waals surface area contributed by atoms with E-state index in [9.17, 15) is 0 Å². The van der Waals surface area contributed by atoms with E-state index < -0.39 is 0 Å². The number of unbranched alkanes of at least 4 members (excludes halogenated alkanes) is 1. The van der Waals surface area contributed by atoms with Crippen molar-refractivity contribution in [2.75, 3.05) is 28.2 Å². The molecule has 0 spiro atoms. The zero-order valence-electron chi connectivity index (χ0n) is 15.2. The molecule has 0 saturated heterocycles. The Morgan fingerprint density at radius 1 is 0.815 bits per heavy atom. The standard InChI is InChI=1S/C23H24BrN3/c24-12-4-5-13-27-22-15-18(26)9-11-20(22)19-10-8-17(25)14-21(19)23(27)16-6-2-1-3-7-16/h1-3,6-11,14-15,23H,4-5,12-13,25-26H2. The molecule has 0 radical (unpaired) electrons. The van der Waals surface area contributed by atoms with Crippen LogP contribution in [0.3, 0.4) is 0 Å². The van der Waals surface area contributed by atoms with Crippen LogP contribution in [0.4, 0.5) is 17.1 Å². The number of nitrogen functional groups attached to an aromatic ring is 2. The summed E-state index contributed by atoms with van der Waals surface area (Å²) in [5.41, 5.74) is 20.2. The van der Waals surface area contributed by atoms with E-state index >= 15 is 0 Å². The Hall–Kier alpha value is -2.46. The van der Waals surface area contributed by atoms with Crippen molar-refractivity contribution in [3.8, 4) is 11.1 Å². The maximum absolute atomic E-state index is 6.19. The summed E-state index contributed by atoms with van der Waals surface area (Å²) >= 11 is 3.56. The van der Waals surface area contributed by atoms with Crippen LogP contribution in [0.1, 0.15) is 30.0 Å². The minimum absolute atomic E-state index is 0.134. The van der Waals surface area contributed by atoms with Gasteiger partial charge in [0.2, 0.25) is 0 Å². The van der Waals surface area contributed by atoms with Gasteiger partial charge in [-0.3, -0.25) is 0 Å². The number of rotatable bonds is 5. The van der Waals surface area contributed by atoms with Crippen LogP contribution >= 0.6 is 15.9 Å². The molecule has 0 aromatic heterocycles. The number of anilines is 3. The summed E-state index contributed by atoms with van der Waals surface area (Å²) in [5, 5.41) is 1.02. The lowest BCUT2D eigenvalue weighted by molar-refractivity contribution is 0.658. The maximum Gasteiger partial charge on any atom is 0.0802 e. The molecule has 3 aromatic carbocycles. The molecule has 0 fully saturated rings. The quantitative estimate of drug-likeness (QED) is 0.320. The van der Waals surface area contributed by atoms with Crippen LogP contribution in [0.15, 0.2) is 66.7 Å². The lowest BCUT2D eigenvalue weighted by atomic mass is 9.84. The second-order valence-corrected chi connectivity index (χ2v) is 7.82. The summed E-state index contributed by atoms with van der Waals surface area (Å²) in [6.07, 6.45) is 2.25. The van der Waals surface area contributed by atoms with Gasteiger partial charge in [0.25, 0.3) is 0 Å². The lowest BCUT2D eigenvalue weighted by Crippen LogP contribution is -2.34. The minimum Gasteiger partial charge on any atom is -0.399 e. The van der Waals surface area contributed by atoms with Gasteiger partial charge in [-0.2, -0.15) is 0 Å². The Balaban J connectivity index is 1.92. The molecule has 138 valence electrons. The summed E-state index contributed by atoms with van der Waals surface area (Å²) < 4.78 is 0. The normalized spacial score (nSPS) is 15.3. The first kappa shape index (κ1) is 17.9. The van der Waals surface area contributed by atoms with Crippen molar-refractivity contribution >= 4 is 33.0 Å². The van der Waals surface area contributed by atoms with Gasteiger partial charge in [0.1, 0.15) is 0 Å². The first-order valence-electron chi connectivity index (χ1n) is 9.36. The number of nitrogens with zero attached hydrogens (tertiary/aromatic N) is 1. The van der Waals surface area contributed by atoms with Crippen molar-refractivity contribution in [1.29, 1.82) is 0 Å². The van der Waals surface area contributed by atoms with Crippen molar-refractivity contribution in [3.05, 3.63) is 77.9 Å². The van der Waals surface area contributed by atoms with Crippen LogP contribution in [-0.4, -0.2) is 11.9 Å². The molecule has 1 aliphatic rings. The zero-order valence-corrected chi connectivity index (χ0v) is 16.8. The van der Waals surface area contributed by atoms with Gasteiger partial charge in [0.05, 0.1) is 6.04 Å². The van der Waals surface area contributed by atoms with Crippen molar-refractivity contribution in [3.63, 3.8) is 0 Å². The van der Waals surface area contributed by atoms with Gasteiger partial charge < -0.3 is 16.4 Å². The topological polar surface area (TPSA) is 55.3 Å². The molecule has 1 unspecified atom stereocenters. The fourth-order valence-electron chi connectivity index (χ4n) is 3.99. The van der Waals surface area contributed by atoms with Gasteiger partial charge in [-0.15, -0.1) is 0 Å². The summed E-state index contributed by atoms with van der Waals surface area (Å²) in [4.78, 5) is 2.49. The molecule has 4 heteroatoms. The number of nitrogens with two attached hydrogens (primary N) is 2. The number of hydrogen-bond donors (Lipinski definition) is 2. The highest BCUT2D eigenvalue weighted by molar-refractivity contribution is 9.09. The molecule has 0 aliphatic carbocycles. The number of fused-ring (bicyclic) bond motifs is 3. The predicted molar refractivity (Wildman–Crippen MR) is 119 cm³/mol. The van der Waals surface area contributed by atoms with Crippen LogP contribution in [0.25, 0.3) is 11.1 Å². The van der Waals surface area contributed by atoms with E-state index in [0.29, 0.717) is 0 Å². The smallest absolute Gasteiger partial charge is 0.0802 e. The van der Waals surface area contributed by atoms with Crippen molar-refractivity contribution in [2.45, 2.75) is 18.9 Å². The Kier molecular flexibility index (Phi) is 5.08. The number of hydrogen-bond acceptors (Lipinski definition) is 3. The Morgan fingerprint density at radius 2 is 1.52 bits per heavy atom. The van der Waals surface area contributed by atoms with Crippen LogP contribution in [0.5, 0.6) is 0 Å². The van der Waals surface area contributed by atoms with Crippen molar-refractivity contribution < 1.29 is 0 Å². The van der Waals surface area contributed by atoms with Crippen LogP contribution in [-0.2, 0) is 0 Å². The molecule has 0 amide bonds. The monoisotopic (exact) mass is 421 g/mol. The summed E-state index contributed by atoms with van der Waals surface area (Å²) in [6.45, 7) is 0.968. The average Bonchev–Trinajstić information content (AvgIpc) is 2.68. The molecule has 4 N–H and O–H groups in total. The number of benzene rings is 3. The molecule has 4 rings (SSSR count). The first-order chi connectivity index (χ1) is 13.2. The largest absolute Gasteiger partial charge is 0.399 e. The second kappa shape index (κ2) is 7.65. The van der Waals surface area contributed by atoms with E-state index in [2.05, 4.69) is 75.4 Å². The van der Waals surface area contributed by atoms with Gasteiger partial charge in [0.15, 0.2) is 0 Å². The van der Waals surface area contributed by atoms with E-state index in [4.69, 9.17) is 11.5 Å².